The number of anilines is 1. The Morgan fingerprint density at radius 1 is 1.24 bits per heavy atom. The van der Waals surface area contributed by atoms with Gasteiger partial charge >= 0.3 is 0 Å². The van der Waals surface area contributed by atoms with Gasteiger partial charge in [-0.05, 0) is 63.1 Å². The Hall–Kier alpha value is -2.98. The minimum atomic E-state index is -0.330. The number of ether oxygens (including phenoxy) is 2. The zero-order valence-electron chi connectivity index (χ0n) is 20.1. The van der Waals surface area contributed by atoms with Crippen LogP contribution in [0.3, 0.4) is 0 Å². The highest BCUT2D eigenvalue weighted by Gasteiger charge is 2.26. The van der Waals surface area contributed by atoms with Crippen LogP contribution in [0.25, 0.3) is 11.0 Å². The molecule has 2 N–H and O–H groups in total. The molecule has 0 unspecified atom stereocenters. The fourth-order valence-electron chi connectivity index (χ4n) is 4.35. The zero-order valence-corrected chi connectivity index (χ0v) is 20.9. The summed E-state index contributed by atoms with van der Waals surface area (Å²) in [5.41, 5.74) is 4.25. The highest BCUT2D eigenvalue weighted by molar-refractivity contribution is 7.17. The first-order valence-electron chi connectivity index (χ1n) is 11.5. The Morgan fingerprint density at radius 3 is 2.82 bits per heavy atom. The monoisotopic (exact) mass is 485 g/mol. The molecular formula is C24H31N5O4S. The molecule has 3 aromatic heterocycles. The summed E-state index contributed by atoms with van der Waals surface area (Å²) in [7, 11) is 3.44. The van der Waals surface area contributed by atoms with Gasteiger partial charge in [0.2, 0.25) is 5.88 Å². The van der Waals surface area contributed by atoms with Gasteiger partial charge in [-0.3, -0.25) is 9.59 Å². The van der Waals surface area contributed by atoms with E-state index in [1.807, 2.05) is 19.9 Å². The predicted octanol–water partition coefficient (Wildman–Crippen LogP) is 3.31. The first kappa shape index (κ1) is 24.2. The second kappa shape index (κ2) is 10.5. The number of rotatable bonds is 9. The fraction of sp³-hybridized carbons (Fsp3) is 0.500. The van der Waals surface area contributed by atoms with Gasteiger partial charge in [0.05, 0.1) is 10.9 Å². The average molecular weight is 486 g/mol. The molecule has 9 nitrogen and oxygen atoms in total. The molecule has 0 saturated heterocycles. The van der Waals surface area contributed by atoms with E-state index in [9.17, 15) is 9.59 Å². The Kier molecular flexibility index (Phi) is 7.47. The van der Waals surface area contributed by atoms with Gasteiger partial charge in [0.15, 0.2) is 12.3 Å². The van der Waals surface area contributed by atoms with Gasteiger partial charge in [0, 0.05) is 37.9 Å². The summed E-state index contributed by atoms with van der Waals surface area (Å²) < 4.78 is 12.5. The maximum Gasteiger partial charge on any atom is 0.262 e. The largest absolute Gasteiger partial charge is 0.466 e. The molecular weight excluding hydrogens is 454 g/mol. The lowest BCUT2D eigenvalue weighted by atomic mass is 9.95. The molecule has 0 aromatic carbocycles. The lowest BCUT2D eigenvalue weighted by Crippen LogP contribution is -2.28. The molecule has 182 valence electrons. The first-order valence-corrected chi connectivity index (χ1v) is 12.4. The summed E-state index contributed by atoms with van der Waals surface area (Å²) >= 11 is 1.49. The van der Waals surface area contributed by atoms with Crippen molar-refractivity contribution in [1.82, 2.24) is 20.1 Å². The molecule has 34 heavy (non-hydrogen) atoms. The smallest absolute Gasteiger partial charge is 0.262 e. The summed E-state index contributed by atoms with van der Waals surface area (Å²) in [5, 5.41) is 11.7. The number of nitrogens with one attached hydrogen (secondary N) is 2. The third-order valence-electron chi connectivity index (χ3n) is 5.89. The molecule has 1 aliphatic rings. The van der Waals surface area contributed by atoms with E-state index < -0.39 is 0 Å². The number of carbonyl (C=O) groups excluding carboxylic acids is 2. The number of carbonyl (C=O) groups is 2. The molecule has 0 fully saturated rings. The molecule has 10 heteroatoms. The maximum atomic E-state index is 13.0. The summed E-state index contributed by atoms with van der Waals surface area (Å²) in [6, 6.07) is 1.96. The number of amides is 2. The molecule has 0 saturated carbocycles. The van der Waals surface area contributed by atoms with Gasteiger partial charge in [-0.25, -0.2) is 9.67 Å². The summed E-state index contributed by atoms with van der Waals surface area (Å²) in [6.45, 7) is 4.79. The minimum absolute atomic E-state index is 0.153. The van der Waals surface area contributed by atoms with Crippen LogP contribution in [0.2, 0.25) is 0 Å². The highest BCUT2D eigenvalue weighted by Crippen LogP contribution is 2.38. The number of nitrogens with zero attached hydrogens (tertiary/aromatic N) is 3. The topological polar surface area (TPSA) is 107 Å². The van der Waals surface area contributed by atoms with Crippen molar-refractivity contribution in [3.05, 3.63) is 33.3 Å². The molecule has 0 spiro atoms. The van der Waals surface area contributed by atoms with Gasteiger partial charge < -0.3 is 20.1 Å². The van der Waals surface area contributed by atoms with Crippen LogP contribution < -0.4 is 15.4 Å². The molecule has 1 aliphatic carbocycles. The lowest BCUT2D eigenvalue weighted by Gasteiger charge is -2.13. The Balaban J connectivity index is 1.48. The quantitative estimate of drug-likeness (QED) is 0.450. The number of hydrogen-bond acceptors (Lipinski definition) is 7. The van der Waals surface area contributed by atoms with E-state index in [-0.39, 0.29) is 18.4 Å². The zero-order chi connectivity index (χ0) is 24.2. The van der Waals surface area contributed by atoms with Crippen molar-refractivity contribution in [2.45, 2.75) is 46.0 Å². The standard InChI is InChI=1S/C24H31N5O4S/c1-14-12-15(2)26-21-19(14)23(28-29(21)3)33-13-18(30)27-24-20(22(31)25-10-7-11-32-4)16-8-5-6-9-17(16)34-24/h12H,5-11,13H2,1-4H3,(H,25,31)(H,27,30). The average Bonchev–Trinajstić information content (AvgIpc) is 3.32. The van der Waals surface area contributed by atoms with Crippen LogP contribution in [0, 0.1) is 13.8 Å². The summed E-state index contributed by atoms with van der Waals surface area (Å²) in [5.74, 6) is -0.109. The molecule has 2 amide bonds. The van der Waals surface area contributed by atoms with Crippen LogP contribution in [-0.2, 0) is 29.4 Å². The van der Waals surface area contributed by atoms with Crippen molar-refractivity contribution >= 4 is 39.2 Å². The van der Waals surface area contributed by atoms with Crippen molar-refractivity contribution in [1.29, 1.82) is 0 Å². The van der Waals surface area contributed by atoms with Gasteiger partial charge in [-0.15, -0.1) is 16.4 Å². The third kappa shape index (κ3) is 5.07. The molecule has 3 aromatic rings. The van der Waals surface area contributed by atoms with Crippen molar-refractivity contribution in [2.24, 2.45) is 7.05 Å². The number of pyridine rings is 1. The normalized spacial score (nSPS) is 13.1. The highest BCUT2D eigenvalue weighted by atomic mass is 32.1. The van der Waals surface area contributed by atoms with Crippen LogP contribution in [0.4, 0.5) is 5.00 Å². The number of aryl methyl sites for hydroxylation is 4. The van der Waals surface area contributed by atoms with Crippen LogP contribution >= 0.6 is 11.3 Å². The van der Waals surface area contributed by atoms with E-state index >= 15 is 0 Å². The van der Waals surface area contributed by atoms with Crippen LogP contribution in [-0.4, -0.2) is 53.4 Å². The second-order valence-corrected chi connectivity index (χ2v) is 9.67. The Labute approximate surface area is 202 Å². The summed E-state index contributed by atoms with van der Waals surface area (Å²) in [6.07, 6.45) is 4.66. The summed E-state index contributed by atoms with van der Waals surface area (Å²) in [4.78, 5) is 31.5. The molecule has 0 aliphatic heterocycles. The number of aromatic nitrogens is 3. The Bertz CT molecular complexity index is 1220. The number of thiophene rings is 1. The molecule has 4 rings (SSSR count). The molecule has 0 bridgehead atoms. The van der Waals surface area contributed by atoms with Gasteiger partial charge in [0.1, 0.15) is 5.00 Å². The first-order chi connectivity index (χ1) is 16.4. The minimum Gasteiger partial charge on any atom is -0.466 e. The van der Waals surface area contributed by atoms with Gasteiger partial charge in [-0.2, -0.15) is 0 Å². The molecule has 0 atom stereocenters. The van der Waals surface area contributed by atoms with Crippen molar-refractivity contribution in [3.63, 3.8) is 0 Å². The van der Waals surface area contributed by atoms with Crippen LogP contribution in [0.5, 0.6) is 5.88 Å². The van der Waals surface area contributed by atoms with E-state index in [0.717, 1.165) is 54.3 Å². The maximum absolute atomic E-state index is 13.0. The van der Waals surface area contributed by atoms with Gasteiger partial charge in [-0.1, -0.05) is 0 Å². The van der Waals surface area contributed by atoms with E-state index in [2.05, 4.69) is 20.7 Å². The van der Waals surface area contributed by atoms with Crippen LogP contribution in [0.15, 0.2) is 6.07 Å². The van der Waals surface area contributed by atoms with E-state index in [1.165, 1.54) is 16.2 Å². The third-order valence-corrected chi connectivity index (χ3v) is 7.10. The number of fused-ring (bicyclic) bond motifs is 2. The molecule has 0 radical (unpaired) electrons. The van der Waals surface area contributed by atoms with Crippen molar-refractivity contribution < 1.29 is 19.1 Å². The van der Waals surface area contributed by atoms with Gasteiger partial charge in [0.25, 0.3) is 11.8 Å². The van der Waals surface area contributed by atoms with Crippen molar-refractivity contribution in [3.8, 4) is 5.88 Å². The van der Waals surface area contributed by atoms with E-state index in [0.29, 0.717) is 35.2 Å². The number of methoxy groups -OCH3 is 1. The van der Waals surface area contributed by atoms with E-state index in [1.54, 1.807) is 18.8 Å². The lowest BCUT2D eigenvalue weighted by molar-refractivity contribution is -0.118. The predicted molar refractivity (Wildman–Crippen MR) is 132 cm³/mol. The number of hydrogen-bond donors (Lipinski definition) is 2. The Morgan fingerprint density at radius 2 is 2.03 bits per heavy atom. The fourth-order valence-corrected chi connectivity index (χ4v) is 5.65. The molecule has 3 heterocycles. The van der Waals surface area contributed by atoms with E-state index in [4.69, 9.17) is 9.47 Å². The SMILES string of the molecule is COCCCNC(=O)c1c(NC(=O)COc2nn(C)c3nc(C)cc(C)c23)sc2c1CCCC2. The van der Waals surface area contributed by atoms with Crippen LogP contribution in [0.1, 0.15) is 51.3 Å². The van der Waals surface area contributed by atoms with Crippen molar-refractivity contribution in [2.75, 3.05) is 32.2 Å². The second-order valence-electron chi connectivity index (χ2n) is 8.56.